The number of halogens is 1. The Labute approximate surface area is 172 Å². The lowest BCUT2D eigenvalue weighted by atomic mass is 10.1. The first-order valence-corrected chi connectivity index (χ1v) is 10.2. The number of aryl methyl sites for hydroxylation is 3. The van der Waals surface area contributed by atoms with Crippen LogP contribution in [0.25, 0.3) is 16.6 Å². The summed E-state index contributed by atoms with van der Waals surface area (Å²) in [6.45, 7) is 6.10. The molecule has 0 saturated heterocycles. The van der Waals surface area contributed by atoms with Crippen LogP contribution in [-0.4, -0.2) is 26.3 Å². The van der Waals surface area contributed by atoms with Crippen LogP contribution in [0.4, 0.5) is 5.69 Å². The SMILES string of the molecule is Cc1ccc(NC(=O)CSc2nnc3cc(C)c4cc(Cl)ccc4n23)cc1C. The fraction of sp³-hybridized carbons (Fsp3) is 0.190. The molecule has 1 N–H and O–H groups in total. The second kappa shape index (κ2) is 7.45. The molecule has 5 nitrogen and oxygen atoms in total. The molecule has 0 saturated carbocycles. The van der Waals surface area contributed by atoms with Gasteiger partial charge in [-0.1, -0.05) is 29.4 Å². The lowest BCUT2D eigenvalue weighted by Gasteiger charge is -2.09. The Hall–Kier alpha value is -2.57. The molecule has 1 amide bonds. The highest BCUT2D eigenvalue weighted by atomic mass is 35.5. The quantitative estimate of drug-likeness (QED) is 0.470. The summed E-state index contributed by atoms with van der Waals surface area (Å²) in [5.74, 6) is 0.168. The average Bonchev–Trinajstić information content (AvgIpc) is 3.06. The zero-order valence-corrected chi connectivity index (χ0v) is 17.4. The van der Waals surface area contributed by atoms with Crippen LogP contribution in [0, 0.1) is 20.8 Å². The summed E-state index contributed by atoms with van der Waals surface area (Å²) in [4.78, 5) is 12.4. The number of nitrogens with one attached hydrogen (secondary N) is 1. The highest BCUT2D eigenvalue weighted by molar-refractivity contribution is 7.99. The Kier molecular flexibility index (Phi) is 5.00. The summed E-state index contributed by atoms with van der Waals surface area (Å²) in [7, 11) is 0. The zero-order valence-electron chi connectivity index (χ0n) is 15.8. The molecule has 0 aliphatic heterocycles. The second-order valence-electron chi connectivity index (χ2n) is 6.80. The van der Waals surface area contributed by atoms with Crippen molar-refractivity contribution in [2.75, 3.05) is 11.1 Å². The molecule has 2 aromatic heterocycles. The molecule has 0 aliphatic rings. The third-order valence-electron chi connectivity index (χ3n) is 4.75. The molecule has 0 spiro atoms. The van der Waals surface area contributed by atoms with Crippen molar-refractivity contribution in [3.05, 3.63) is 64.2 Å². The molecule has 0 unspecified atom stereocenters. The van der Waals surface area contributed by atoms with E-state index in [9.17, 15) is 4.79 Å². The van der Waals surface area contributed by atoms with E-state index in [2.05, 4.69) is 15.5 Å². The molecule has 0 fully saturated rings. The van der Waals surface area contributed by atoms with Crippen molar-refractivity contribution in [2.24, 2.45) is 0 Å². The second-order valence-corrected chi connectivity index (χ2v) is 8.18. The van der Waals surface area contributed by atoms with Crippen molar-refractivity contribution in [1.29, 1.82) is 0 Å². The van der Waals surface area contributed by atoms with Crippen LogP contribution in [0.15, 0.2) is 47.6 Å². The highest BCUT2D eigenvalue weighted by Gasteiger charge is 2.14. The van der Waals surface area contributed by atoms with E-state index in [0.717, 1.165) is 33.4 Å². The Morgan fingerprint density at radius 1 is 1.04 bits per heavy atom. The standard InChI is InChI=1S/C21H19ClN4OS/c1-12-4-6-16(8-13(12)2)23-20(27)11-28-21-25-24-19-9-14(3)17-10-15(22)5-7-18(17)26(19)21/h4-10H,11H2,1-3H3,(H,23,27). The van der Waals surface area contributed by atoms with Gasteiger partial charge in [0.2, 0.25) is 5.91 Å². The van der Waals surface area contributed by atoms with E-state index in [1.165, 1.54) is 17.3 Å². The Morgan fingerprint density at radius 2 is 1.86 bits per heavy atom. The molecule has 28 heavy (non-hydrogen) atoms. The molecule has 142 valence electrons. The largest absolute Gasteiger partial charge is 0.325 e. The van der Waals surface area contributed by atoms with E-state index >= 15 is 0 Å². The molecule has 4 rings (SSSR count). The van der Waals surface area contributed by atoms with E-state index in [1.807, 2.05) is 67.6 Å². The minimum absolute atomic E-state index is 0.0792. The monoisotopic (exact) mass is 410 g/mol. The highest BCUT2D eigenvalue weighted by Crippen LogP contribution is 2.28. The van der Waals surface area contributed by atoms with Crippen LogP contribution in [-0.2, 0) is 4.79 Å². The summed E-state index contributed by atoms with van der Waals surface area (Å²) in [6, 6.07) is 13.6. The number of hydrogen-bond acceptors (Lipinski definition) is 4. The van der Waals surface area contributed by atoms with Gasteiger partial charge in [0.25, 0.3) is 0 Å². The molecule has 2 heterocycles. The van der Waals surface area contributed by atoms with Crippen molar-refractivity contribution in [2.45, 2.75) is 25.9 Å². The minimum Gasteiger partial charge on any atom is -0.325 e. The van der Waals surface area contributed by atoms with Crippen LogP contribution >= 0.6 is 23.4 Å². The lowest BCUT2D eigenvalue weighted by molar-refractivity contribution is -0.113. The van der Waals surface area contributed by atoms with Gasteiger partial charge in [0.1, 0.15) is 0 Å². The number of aromatic nitrogens is 3. The number of benzene rings is 2. The average molecular weight is 411 g/mol. The van der Waals surface area contributed by atoms with Gasteiger partial charge in [0.05, 0.1) is 11.3 Å². The first kappa shape index (κ1) is 18.8. The molecular formula is C21H19ClN4OS. The Balaban J connectivity index is 1.58. The van der Waals surface area contributed by atoms with Gasteiger partial charge in [-0.3, -0.25) is 9.20 Å². The van der Waals surface area contributed by atoms with Crippen molar-refractivity contribution in [1.82, 2.24) is 14.6 Å². The summed E-state index contributed by atoms with van der Waals surface area (Å²) in [5, 5.41) is 13.9. The van der Waals surface area contributed by atoms with Gasteiger partial charge in [-0.05, 0) is 73.9 Å². The van der Waals surface area contributed by atoms with Crippen LogP contribution in [0.3, 0.4) is 0 Å². The number of amides is 1. The van der Waals surface area contributed by atoms with Gasteiger partial charge in [0, 0.05) is 16.1 Å². The first-order valence-electron chi connectivity index (χ1n) is 8.86. The molecule has 0 bridgehead atoms. The number of hydrogen-bond donors (Lipinski definition) is 1. The molecule has 4 aromatic rings. The van der Waals surface area contributed by atoms with Gasteiger partial charge in [-0.2, -0.15) is 0 Å². The van der Waals surface area contributed by atoms with Crippen molar-refractivity contribution >= 4 is 51.5 Å². The first-order chi connectivity index (χ1) is 13.4. The summed E-state index contributed by atoms with van der Waals surface area (Å²) < 4.78 is 1.96. The molecule has 7 heteroatoms. The topological polar surface area (TPSA) is 59.3 Å². The fourth-order valence-corrected chi connectivity index (χ4v) is 4.06. The number of fused-ring (bicyclic) bond motifs is 3. The maximum Gasteiger partial charge on any atom is 0.234 e. The van der Waals surface area contributed by atoms with Gasteiger partial charge in [-0.25, -0.2) is 0 Å². The van der Waals surface area contributed by atoms with Gasteiger partial charge < -0.3 is 5.32 Å². The lowest BCUT2D eigenvalue weighted by Crippen LogP contribution is -2.14. The van der Waals surface area contributed by atoms with E-state index in [1.54, 1.807) is 0 Å². The van der Waals surface area contributed by atoms with Crippen LogP contribution in [0.2, 0.25) is 5.02 Å². The van der Waals surface area contributed by atoms with E-state index in [0.29, 0.717) is 10.2 Å². The number of pyridine rings is 1. The number of anilines is 1. The maximum absolute atomic E-state index is 12.4. The minimum atomic E-state index is -0.0792. The van der Waals surface area contributed by atoms with Crippen molar-refractivity contribution < 1.29 is 4.79 Å². The van der Waals surface area contributed by atoms with Gasteiger partial charge in [0.15, 0.2) is 10.8 Å². The summed E-state index contributed by atoms with van der Waals surface area (Å²) in [5.41, 5.74) is 5.96. The predicted molar refractivity (Wildman–Crippen MR) is 116 cm³/mol. The fourth-order valence-electron chi connectivity index (χ4n) is 3.13. The van der Waals surface area contributed by atoms with Crippen LogP contribution < -0.4 is 5.32 Å². The van der Waals surface area contributed by atoms with E-state index < -0.39 is 0 Å². The van der Waals surface area contributed by atoms with Gasteiger partial charge >= 0.3 is 0 Å². The maximum atomic E-state index is 12.4. The van der Waals surface area contributed by atoms with Crippen LogP contribution in [0.5, 0.6) is 0 Å². The number of thioether (sulfide) groups is 1. The van der Waals surface area contributed by atoms with Gasteiger partial charge in [-0.15, -0.1) is 10.2 Å². The number of nitrogens with zero attached hydrogens (tertiary/aromatic N) is 3. The molecule has 0 atom stereocenters. The van der Waals surface area contributed by atoms with Crippen molar-refractivity contribution in [3.8, 4) is 0 Å². The Bertz CT molecular complexity index is 1220. The third kappa shape index (κ3) is 3.57. The summed E-state index contributed by atoms with van der Waals surface area (Å²) in [6.07, 6.45) is 0. The van der Waals surface area contributed by atoms with Crippen molar-refractivity contribution in [3.63, 3.8) is 0 Å². The third-order valence-corrected chi connectivity index (χ3v) is 5.92. The smallest absolute Gasteiger partial charge is 0.234 e. The van der Waals surface area contributed by atoms with Crippen LogP contribution in [0.1, 0.15) is 16.7 Å². The molecule has 2 aromatic carbocycles. The molecule has 0 aliphatic carbocycles. The molecule has 0 radical (unpaired) electrons. The summed E-state index contributed by atoms with van der Waals surface area (Å²) >= 11 is 7.52. The normalized spacial score (nSPS) is 11.3. The predicted octanol–water partition coefficient (Wildman–Crippen LogP) is 5.19. The molecular weight excluding hydrogens is 392 g/mol. The Morgan fingerprint density at radius 3 is 2.64 bits per heavy atom. The number of carbonyl (C=O) groups excluding carboxylic acids is 1. The number of rotatable bonds is 4. The number of carbonyl (C=O) groups is 1. The van der Waals surface area contributed by atoms with E-state index in [4.69, 9.17) is 11.6 Å². The van der Waals surface area contributed by atoms with E-state index in [-0.39, 0.29) is 11.7 Å². The zero-order chi connectivity index (χ0) is 19.8.